The fraction of sp³-hybridized carbons (Fsp3) is 0.789. The van der Waals surface area contributed by atoms with Crippen LogP contribution in [0.1, 0.15) is 50.3 Å². The Labute approximate surface area is 167 Å². The summed E-state index contributed by atoms with van der Waals surface area (Å²) in [4.78, 5) is 25.2. The number of aliphatic imine (C=N–C) groups is 1. The lowest BCUT2D eigenvalue weighted by Gasteiger charge is -2.27. The van der Waals surface area contributed by atoms with Gasteiger partial charge in [0.25, 0.3) is 0 Å². The molecule has 156 valence electrons. The van der Waals surface area contributed by atoms with Crippen molar-refractivity contribution in [3.8, 4) is 0 Å². The number of aromatic nitrogens is 3. The number of fused-ring (bicyclic) bond motifs is 1. The lowest BCUT2D eigenvalue weighted by atomic mass is 10.1. The summed E-state index contributed by atoms with van der Waals surface area (Å²) in [6.45, 7) is 8.21. The molecule has 0 spiro atoms. The predicted octanol–water partition coefficient (Wildman–Crippen LogP) is 0.529. The normalized spacial score (nSPS) is 22.8. The highest BCUT2D eigenvalue weighted by Gasteiger charge is 2.26. The average molecular weight is 391 g/mol. The zero-order valence-corrected chi connectivity index (χ0v) is 17.6. The van der Waals surface area contributed by atoms with Gasteiger partial charge in [-0.25, -0.2) is 14.7 Å². The molecule has 2 aliphatic heterocycles. The third-order valence-electron chi connectivity index (χ3n) is 5.57. The number of carbonyl (C=O) groups excluding carboxylic acids is 1. The molecule has 2 unspecified atom stereocenters. The number of guanidine groups is 1. The van der Waals surface area contributed by atoms with Gasteiger partial charge in [-0.2, -0.15) is 5.10 Å². The fourth-order valence-corrected chi connectivity index (χ4v) is 3.97. The van der Waals surface area contributed by atoms with Crippen molar-refractivity contribution in [2.24, 2.45) is 4.99 Å². The van der Waals surface area contributed by atoms with Crippen LogP contribution in [0.4, 0.5) is 0 Å². The van der Waals surface area contributed by atoms with E-state index in [2.05, 4.69) is 37.5 Å². The van der Waals surface area contributed by atoms with Crippen LogP contribution in [0.3, 0.4) is 0 Å². The minimum Gasteiger partial charge on any atom is -0.355 e. The van der Waals surface area contributed by atoms with Gasteiger partial charge in [0.2, 0.25) is 5.91 Å². The van der Waals surface area contributed by atoms with E-state index in [1.807, 2.05) is 11.6 Å². The van der Waals surface area contributed by atoms with Crippen molar-refractivity contribution in [1.29, 1.82) is 0 Å². The second kappa shape index (κ2) is 9.36. The molecule has 1 saturated heterocycles. The number of likely N-dealkylation sites (N-methyl/N-ethyl adjacent to an activating group) is 2. The van der Waals surface area contributed by atoms with Crippen molar-refractivity contribution in [2.45, 2.75) is 58.2 Å². The molecule has 1 fully saturated rings. The topological polar surface area (TPSA) is 90.7 Å². The summed E-state index contributed by atoms with van der Waals surface area (Å²) in [6, 6.07) is 0.570. The molecular weight excluding hydrogens is 356 g/mol. The van der Waals surface area contributed by atoms with Crippen LogP contribution in [0, 0.1) is 6.92 Å². The highest BCUT2D eigenvalue weighted by atomic mass is 16.2. The first-order valence-electron chi connectivity index (χ1n) is 10.4. The van der Waals surface area contributed by atoms with Crippen LogP contribution in [0.25, 0.3) is 0 Å². The lowest BCUT2D eigenvalue weighted by Crippen LogP contribution is -2.47. The van der Waals surface area contributed by atoms with E-state index in [0.29, 0.717) is 12.0 Å². The molecular formula is C19H34N8O. The minimum atomic E-state index is -0.0141. The third-order valence-corrected chi connectivity index (χ3v) is 5.57. The molecule has 1 amide bonds. The Bertz CT molecular complexity index is 698. The first-order valence-corrected chi connectivity index (χ1v) is 10.4. The summed E-state index contributed by atoms with van der Waals surface area (Å²) in [5, 5.41) is 11.5. The number of rotatable bonds is 6. The van der Waals surface area contributed by atoms with Crippen LogP contribution in [0.5, 0.6) is 0 Å². The van der Waals surface area contributed by atoms with Gasteiger partial charge in [0.05, 0.1) is 6.04 Å². The number of nitrogens with one attached hydrogen (secondary N) is 2. The van der Waals surface area contributed by atoms with Gasteiger partial charge < -0.3 is 15.5 Å². The molecule has 28 heavy (non-hydrogen) atoms. The Morgan fingerprint density at radius 3 is 2.82 bits per heavy atom. The highest BCUT2D eigenvalue weighted by molar-refractivity contribution is 5.85. The number of nitrogens with zero attached hydrogens (tertiary/aromatic N) is 6. The van der Waals surface area contributed by atoms with E-state index >= 15 is 0 Å². The zero-order valence-electron chi connectivity index (χ0n) is 17.6. The maximum absolute atomic E-state index is 12.0. The van der Waals surface area contributed by atoms with E-state index in [-0.39, 0.29) is 18.5 Å². The van der Waals surface area contributed by atoms with Crippen molar-refractivity contribution in [3.05, 3.63) is 11.6 Å². The molecule has 0 aliphatic carbocycles. The van der Waals surface area contributed by atoms with Crippen molar-refractivity contribution >= 4 is 11.9 Å². The molecule has 9 nitrogen and oxygen atoms in total. The Morgan fingerprint density at radius 2 is 2.07 bits per heavy atom. The van der Waals surface area contributed by atoms with E-state index in [1.54, 1.807) is 19.0 Å². The van der Waals surface area contributed by atoms with E-state index in [1.165, 1.54) is 12.8 Å². The molecule has 2 N–H and O–H groups in total. The standard InChI is InChI=1S/C19H34N8O/c1-5-26-10-6-8-15(26)12-20-19(21-13-17(28)25(3)4)23-16-9-7-11-27-18(16)22-14(2)24-27/h15-16H,5-13H2,1-4H3,(H2,20,21,23). The molecule has 3 heterocycles. The van der Waals surface area contributed by atoms with Gasteiger partial charge in [0.1, 0.15) is 18.2 Å². The summed E-state index contributed by atoms with van der Waals surface area (Å²) < 4.78 is 1.98. The quantitative estimate of drug-likeness (QED) is 0.544. The number of amides is 1. The Morgan fingerprint density at radius 1 is 1.29 bits per heavy atom. The maximum atomic E-state index is 12.0. The SMILES string of the molecule is CCN1CCCC1CNC(=NCC(=O)N(C)C)NC1CCCn2nc(C)nc21. The first kappa shape index (κ1) is 20.6. The molecule has 0 saturated carbocycles. The summed E-state index contributed by atoms with van der Waals surface area (Å²) in [5.41, 5.74) is 0. The largest absolute Gasteiger partial charge is 0.355 e. The second-order valence-electron chi connectivity index (χ2n) is 7.84. The maximum Gasteiger partial charge on any atom is 0.243 e. The third kappa shape index (κ3) is 5.01. The first-order chi connectivity index (χ1) is 13.5. The molecule has 9 heteroatoms. The number of hydrogen-bond acceptors (Lipinski definition) is 5. The molecule has 0 radical (unpaired) electrons. The van der Waals surface area contributed by atoms with Crippen LogP contribution >= 0.6 is 0 Å². The molecule has 3 rings (SSSR count). The predicted molar refractivity (Wildman–Crippen MR) is 109 cm³/mol. The van der Waals surface area contributed by atoms with Crippen LogP contribution in [-0.4, -0.2) is 82.7 Å². The molecule has 0 bridgehead atoms. The van der Waals surface area contributed by atoms with Crippen molar-refractivity contribution < 1.29 is 4.79 Å². The summed E-state index contributed by atoms with van der Waals surface area (Å²) >= 11 is 0. The minimum absolute atomic E-state index is 0.0141. The van der Waals surface area contributed by atoms with E-state index < -0.39 is 0 Å². The molecule has 0 aromatic carbocycles. The van der Waals surface area contributed by atoms with Crippen LogP contribution < -0.4 is 10.6 Å². The monoisotopic (exact) mass is 390 g/mol. The number of hydrogen-bond donors (Lipinski definition) is 2. The van der Waals surface area contributed by atoms with Gasteiger partial charge in [0.15, 0.2) is 5.96 Å². The van der Waals surface area contributed by atoms with Crippen molar-refractivity contribution in [2.75, 3.05) is 40.3 Å². The molecule has 2 aliphatic rings. The smallest absolute Gasteiger partial charge is 0.243 e. The van der Waals surface area contributed by atoms with Gasteiger partial charge in [-0.3, -0.25) is 9.69 Å². The number of aryl methyl sites for hydroxylation is 2. The Hall–Kier alpha value is -2.16. The van der Waals surface area contributed by atoms with Gasteiger partial charge in [-0.15, -0.1) is 0 Å². The fourth-order valence-electron chi connectivity index (χ4n) is 3.97. The van der Waals surface area contributed by atoms with E-state index in [0.717, 1.165) is 50.7 Å². The van der Waals surface area contributed by atoms with Gasteiger partial charge in [0, 0.05) is 33.2 Å². The summed E-state index contributed by atoms with van der Waals surface area (Å²) in [5.74, 6) is 2.41. The highest BCUT2D eigenvalue weighted by Crippen LogP contribution is 2.23. The lowest BCUT2D eigenvalue weighted by molar-refractivity contribution is -0.127. The van der Waals surface area contributed by atoms with Crippen LogP contribution in [0.2, 0.25) is 0 Å². The molecule has 2 atom stereocenters. The summed E-state index contributed by atoms with van der Waals surface area (Å²) in [6.07, 6.45) is 4.46. The van der Waals surface area contributed by atoms with E-state index in [4.69, 9.17) is 0 Å². The van der Waals surface area contributed by atoms with Gasteiger partial charge in [-0.05, 0) is 45.7 Å². The Balaban J connectivity index is 1.69. The molecule has 1 aromatic rings. The van der Waals surface area contributed by atoms with Gasteiger partial charge in [-0.1, -0.05) is 6.92 Å². The van der Waals surface area contributed by atoms with Crippen LogP contribution in [-0.2, 0) is 11.3 Å². The van der Waals surface area contributed by atoms with E-state index in [9.17, 15) is 4.79 Å². The number of carbonyl (C=O) groups is 1. The number of likely N-dealkylation sites (tertiary alicyclic amines) is 1. The second-order valence-corrected chi connectivity index (χ2v) is 7.84. The van der Waals surface area contributed by atoms with Crippen LogP contribution in [0.15, 0.2) is 4.99 Å². The van der Waals surface area contributed by atoms with Crippen molar-refractivity contribution in [3.63, 3.8) is 0 Å². The van der Waals surface area contributed by atoms with Crippen molar-refractivity contribution in [1.82, 2.24) is 35.2 Å². The van der Waals surface area contributed by atoms with Gasteiger partial charge >= 0.3 is 0 Å². The Kier molecular flexibility index (Phi) is 6.88. The molecule has 1 aromatic heterocycles. The zero-order chi connectivity index (χ0) is 20.1. The average Bonchev–Trinajstić information content (AvgIpc) is 3.28. The summed E-state index contributed by atoms with van der Waals surface area (Å²) in [7, 11) is 3.50.